The SMILES string of the molecule is CCN(CC)C[C@H]1COCCN1CC[C@H](CSc1ccccc1)Nc1ccc(S(=O)(=O)NC(=O)c2ccc(N3CCC(C(OC(OP(=O)(O)O)C(C)(C)C)c4ccccc4-c4ccc(Cl)cc4)CC3)cc2)cc1S(=O)(=O)C(F)(F)F. The third-order valence-corrected chi connectivity index (χ3v) is 19.0. The number of nitrogens with zero attached hydrogens (tertiary/aromatic N) is 3. The highest BCUT2D eigenvalue weighted by atomic mass is 35.5. The van der Waals surface area contributed by atoms with Gasteiger partial charge in [-0.2, -0.15) is 13.2 Å². The number of alkyl halides is 3. The van der Waals surface area contributed by atoms with Crippen LogP contribution in [0.1, 0.15) is 75.9 Å². The van der Waals surface area contributed by atoms with Gasteiger partial charge in [-0.05, 0) is 122 Å². The van der Waals surface area contributed by atoms with Gasteiger partial charge in [0.05, 0.1) is 29.9 Å². The predicted molar refractivity (Wildman–Crippen MR) is 306 cm³/mol. The Hall–Kier alpha value is -4.55. The van der Waals surface area contributed by atoms with E-state index in [0.29, 0.717) is 81.2 Å². The van der Waals surface area contributed by atoms with Crippen LogP contribution in [0.2, 0.25) is 5.02 Å². The molecule has 2 saturated heterocycles. The lowest BCUT2D eigenvalue weighted by atomic mass is 9.83. The number of rotatable bonds is 24. The second kappa shape index (κ2) is 27.2. The van der Waals surface area contributed by atoms with Gasteiger partial charge >= 0.3 is 13.3 Å². The standard InChI is InChI=1S/C56H70ClF3N5O11PS3/c1-6-63(7-2)36-45-37-74-34-33-65(45)32-29-43(38-78-46-13-9-8-10-14-46)61-50-26-25-47(35-51(50)79(70,71)56(58,59)60)80(72,73)62-53(66)41-19-23-44(24-20-41)64-30-27-40(28-31-64)52(75-54(55(3,4)5)76-77(67,68)69)49-16-12-11-15-48(49)39-17-21-42(57)22-18-39/h8-26,35,40,43,45,52,54,61H,6-7,27-34,36-38H2,1-5H3,(H,62,66)(H2,67,68,69)/t43-,45+,52?,54?/m1/s1. The van der Waals surface area contributed by atoms with Crippen molar-refractivity contribution in [1.82, 2.24) is 14.5 Å². The number of carbonyl (C=O) groups is 1. The highest BCUT2D eigenvalue weighted by Crippen LogP contribution is 2.47. The van der Waals surface area contributed by atoms with Crippen LogP contribution < -0.4 is 14.9 Å². The second-order valence-electron chi connectivity index (χ2n) is 20.9. The number of phosphoric acid groups is 1. The van der Waals surface area contributed by atoms with Crippen LogP contribution in [0.15, 0.2) is 136 Å². The van der Waals surface area contributed by atoms with E-state index in [4.69, 9.17) is 25.6 Å². The van der Waals surface area contributed by atoms with Gasteiger partial charge in [-0.3, -0.25) is 14.2 Å². The average Bonchev–Trinajstić information content (AvgIpc) is 3.59. The summed E-state index contributed by atoms with van der Waals surface area (Å²) in [7, 11) is -16.1. The number of amides is 1. The largest absolute Gasteiger partial charge is 0.501 e. The van der Waals surface area contributed by atoms with Gasteiger partial charge < -0.3 is 34.4 Å². The molecule has 0 aromatic heterocycles. The molecule has 2 heterocycles. The summed E-state index contributed by atoms with van der Waals surface area (Å²) in [4.78, 5) is 38.7. The summed E-state index contributed by atoms with van der Waals surface area (Å²) in [6.45, 7) is 15.0. The molecule has 0 bridgehead atoms. The fourth-order valence-electron chi connectivity index (χ4n) is 9.76. The summed E-state index contributed by atoms with van der Waals surface area (Å²) in [5, 5.41) is 3.59. The molecule has 2 unspecified atom stereocenters. The monoisotopic (exact) mass is 1210 g/mol. The van der Waals surface area contributed by atoms with Crippen molar-refractivity contribution < 1.29 is 63.2 Å². The number of likely N-dealkylation sites (N-methyl/N-ethyl adjacent to an activating group) is 1. The number of nitrogens with one attached hydrogen (secondary N) is 2. The fourth-order valence-corrected chi connectivity index (χ4v) is 13.5. The number of hydrogen-bond donors (Lipinski definition) is 4. The lowest BCUT2D eigenvalue weighted by Crippen LogP contribution is -2.52. The number of thioether (sulfide) groups is 1. The van der Waals surface area contributed by atoms with Crippen molar-refractivity contribution in [3.8, 4) is 11.1 Å². The van der Waals surface area contributed by atoms with E-state index in [9.17, 15) is 49.2 Å². The molecule has 0 radical (unpaired) electrons. The first kappa shape index (κ1) is 63.0. The highest BCUT2D eigenvalue weighted by molar-refractivity contribution is 7.99. The minimum Gasteiger partial charge on any atom is -0.380 e. The maximum Gasteiger partial charge on any atom is 0.501 e. The molecule has 5 aromatic carbocycles. The average molecular weight is 1210 g/mol. The third-order valence-electron chi connectivity index (χ3n) is 14.2. The number of phosphoric ester groups is 1. The lowest BCUT2D eigenvalue weighted by Gasteiger charge is -2.41. The lowest BCUT2D eigenvalue weighted by molar-refractivity contribution is -0.194. The van der Waals surface area contributed by atoms with Gasteiger partial charge in [0.25, 0.3) is 25.8 Å². The number of morpholine rings is 1. The Morgan fingerprint density at radius 1 is 0.887 bits per heavy atom. The zero-order valence-corrected chi connectivity index (χ0v) is 49.3. The number of sulfonamides is 1. The molecule has 7 rings (SSSR count). The molecule has 0 aliphatic carbocycles. The van der Waals surface area contributed by atoms with Crippen molar-refractivity contribution >= 4 is 68.3 Å². The molecule has 5 aromatic rings. The number of halogens is 4. The van der Waals surface area contributed by atoms with Crippen LogP contribution in [0.5, 0.6) is 0 Å². The van der Waals surface area contributed by atoms with Crippen molar-refractivity contribution in [1.29, 1.82) is 0 Å². The van der Waals surface area contributed by atoms with Crippen LogP contribution in [0.4, 0.5) is 24.5 Å². The summed E-state index contributed by atoms with van der Waals surface area (Å²) in [6.07, 6.45) is -0.508. The van der Waals surface area contributed by atoms with E-state index in [0.717, 1.165) is 53.4 Å². The Bertz CT molecular complexity index is 3130. The molecule has 24 heteroatoms. The van der Waals surface area contributed by atoms with Crippen molar-refractivity contribution in [2.45, 2.75) is 98.6 Å². The number of carbonyl (C=O) groups excluding carboxylic acids is 1. The molecule has 2 aliphatic heterocycles. The number of piperidine rings is 1. The predicted octanol–water partition coefficient (Wildman–Crippen LogP) is 10.9. The van der Waals surface area contributed by atoms with Gasteiger partial charge in [0.15, 0.2) is 6.29 Å². The molecule has 1 amide bonds. The van der Waals surface area contributed by atoms with Crippen LogP contribution in [0.25, 0.3) is 11.1 Å². The van der Waals surface area contributed by atoms with Crippen LogP contribution >= 0.6 is 31.2 Å². The van der Waals surface area contributed by atoms with Gasteiger partial charge in [0, 0.05) is 77.1 Å². The Morgan fingerprint density at radius 3 is 2.16 bits per heavy atom. The Labute approximate surface area is 476 Å². The summed E-state index contributed by atoms with van der Waals surface area (Å²) >= 11 is 7.66. The first-order valence-corrected chi connectivity index (χ1v) is 32.2. The summed E-state index contributed by atoms with van der Waals surface area (Å²) in [5.74, 6) is -0.960. The van der Waals surface area contributed by atoms with E-state index in [1.54, 1.807) is 45.0 Å². The van der Waals surface area contributed by atoms with E-state index in [1.807, 2.05) is 71.5 Å². The number of hydrogen-bond acceptors (Lipinski definition) is 14. The number of ether oxygens (including phenoxy) is 2. The van der Waals surface area contributed by atoms with Crippen LogP contribution in [0.3, 0.4) is 0 Å². The second-order valence-corrected chi connectivity index (χ2v) is 27.2. The smallest absolute Gasteiger partial charge is 0.380 e. The van der Waals surface area contributed by atoms with E-state index >= 15 is 0 Å². The molecule has 0 spiro atoms. The van der Waals surface area contributed by atoms with E-state index < -0.39 is 78.4 Å². The quantitative estimate of drug-likeness (QED) is 0.0258. The summed E-state index contributed by atoms with van der Waals surface area (Å²) in [6, 6.07) is 32.1. The molecule has 2 fully saturated rings. The van der Waals surface area contributed by atoms with Gasteiger partial charge in [-0.15, -0.1) is 11.8 Å². The van der Waals surface area contributed by atoms with Crippen molar-refractivity contribution in [3.63, 3.8) is 0 Å². The van der Waals surface area contributed by atoms with Gasteiger partial charge in [0.1, 0.15) is 4.90 Å². The molecule has 4 atom stereocenters. The van der Waals surface area contributed by atoms with Crippen molar-refractivity contribution in [3.05, 3.63) is 137 Å². The first-order valence-electron chi connectivity index (χ1n) is 26.4. The fraction of sp³-hybridized carbons (Fsp3) is 0.446. The van der Waals surface area contributed by atoms with E-state index in [2.05, 4.69) is 33.9 Å². The number of sulfone groups is 1. The van der Waals surface area contributed by atoms with Crippen molar-refractivity contribution in [2.24, 2.45) is 11.3 Å². The molecule has 80 heavy (non-hydrogen) atoms. The van der Waals surface area contributed by atoms with Gasteiger partial charge in [0.2, 0.25) is 0 Å². The molecule has 436 valence electrons. The maximum atomic E-state index is 14.5. The topological polar surface area (TPSA) is 204 Å². The number of benzene rings is 5. The zero-order chi connectivity index (χ0) is 58.0. The van der Waals surface area contributed by atoms with Crippen LogP contribution in [0, 0.1) is 11.3 Å². The minimum absolute atomic E-state index is 0.0581. The minimum atomic E-state index is -6.15. The zero-order valence-electron chi connectivity index (χ0n) is 45.2. The number of anilines is 2. The highest BCUT2D eigenvalue weighted by Gasteiger charge is 2.49. The Kier molecular flexibility index (Phi) is 21.5. The van der Waals surface area contributed by atoms with E-state index in [1.165, 1.54) is 23.9 Å². The first-order chi connectivity index (χ1) is 37.8. The summed E-state index contributed by atoms with van der Waals surface area (Å²) in [5.41, 5.74) is -4.03. The maximum absolute atomic E-state index is 14.5. The molecule has 0 saturated carbocycles. The van der Waals surface area contributed by atoms with E-state index in [-0.39, 0.29) is 17.5 Å². The van der Waals surface area contributed by atoms with Crippen molar-refractivity contribution in [2.75, 3.05) is 75.0 Å². The molecule has 2 aliphatic rings. The summed E-state index contributed by atoms with van der Waals surface area (Å²) < 4.78 is 130. The molecular formula is C56H70ClF3N5O11PS3. The van der Waals surface area contributed by atoms with Crippen LogP contribution in [-0.4, -0.2) is 131 Å². The molecular weight excluding hydrogens is 1140 g/mol. The normalized spacial score (nSPS) is 17.5. The van der Waals surface area contributed by atoms with Gasteiger partial charge in [-0.1, -0.05) is 101 Å². The Morgan fingerprint density at radius 2 is 1.54 bits per heavy atom. The Balaban J connectivity index is 1.07. The molecule has 16 nitrogen and oxygen atoms in total. The third kappa shape index (κ3) is 16.8. The van der Waals surface area contributed by atoms with Gasteiger partial charge in [-0.25, -0.2) is 26.1 Å². The molecule has 4 N–H and O–H groups in total. The van der Waals surface area contributed by atoms with Crippen LogP contribution in [-0.2, 0) is 38.4 Å².